The van der Waals surface area contributed by atoms with Gasteiger partial charge in [0.1, 0.15) is 28.2 Å². The number of nitrogen functional groups attached to an aromatic ring is 1. The van der Waals surface area contributed by atoms with Gasteiger partial charge in [0, 0.05) is 11.6 Å². The van der Waals surface area contributed by atoms with E-state index in [2.05, 4.69) is 10.2 Å². The average molecular weight is 230 g/mol. The number of nitrogens with zero attached hydrogens (tertiary/aromatic N) is 1. The third-order valence-corrected chi connectivity index (χ3v) is 2.30. The number of aromatic amines is 1. The zero-order valence-corrected chi connectivity index (χ0v) is 8.15. The molecule has 0 radical (unpaired) electrons. The number of aromatic nitrogens is 2. The lowest BCUT2D eigenvalue weighted by Crippen LogP contribution is -1.87. The molecule has 1 aromatic carbocycles. The van der Waals surface area contributed by atoms with Crippen LogP contribution in [-0.4, -0.2) is 10.2 Å². The molecule has 0 aliphatic rings. The van der Waals surface area contributed by atoms with Crippen molar-refractivity contribution in [2.24, 2.45) is 0 Å². The number of nitrogens with one attached hydrogen (secondary N) is 1. The Kier molecular flexibility index (Phi) is 2.32. The second kappa shape index (κ2) is 3.51. The summed E-state index contributed by atoms with van der Waals surface area (Å²) in [5, 5.41) is 6.27. The van der Waals surface area contributed by atoms with Crippen LogP contribution in [0.15, 0.2) is 18.2 Å². The molecule has 3 N–H and O–H groups in total. The molecule has 0 spiro atoms. The summed E-state index contributed by atoms with van der Waals surface area (Å²) in [5.41, 5.74) is 5.69. The molecule has 0 fully saturated rings. The maximum absolute atomic E-state index is 13.3. The fourth-order valence-electron chi connectivity index (χ4n) is 1.20. The molecule has 6 heteroatoms. The highest BCUT2D eigenvalue weighted by Crippen LogP contribution is 2.31. The Bertz CT molecular complexity index is 510. The van der Waals surface area contributed by atoms with Crippen LogP contribution in [0.2, 0.25) is 5.02 Å². The minimum Gasteiger partial charge on any atom is -0.383 e. The minimum atomic E-state index is -0.733. The largest absolute Gasteiger partial charge is 0.383 e. The number of H-pyrrole nitrogens is 1. The Labute approximate surface area is 88.9 Å². The average Bonchev–Trinajstić information content (AvgIpc) is 2.49. The first-order valence-electron chi connectivity index (χ1n) is 4.04. The van der Waals surface area contributed by atoms with Gasteiger partial charge in [-0.2, -0.15) is 5.10 Å². The molecule has 2 aromatic rings. The van der Waals surface area contributed by atoms with Gasteiger partial charge in [0.05, 0.1) is 0 Å². The molecule has 0 saturated heterocycles. The van der Waals surface area contributed by atoms with Crippen molar-refractivity contribution < 1.29 is 8.78 Å². The Morgan fingerprint density at radius 1 is 1.33 bits per heavy atom. The summed E-state index contributed by atoms with van der Waals surface area (Å²) in [7, 11) is 0. The van der Waals surface area contributed by atoms with Crippen LogP contribution >= 0.6 is 11.6 Å². The van der Waals surface area contributed by atoms with Crippen LogP contribution in [0.4, 0.5) is 14.6 Å². The van der Waals surface area contributed by atoms with Crippen molar-refractivity contribution in [3.05, 3.63) is 34.9 Å². The maximum Gasteiger partial charge on any atom is 0.138 e. The van der Waals surface area contributed by atoms with Gasteiger partial charge in [-0.3, -0.25) is 5.10 Å². The van der Waals surface area contributed by atoms with E-state index in [1.54, 1.807) is 0 Å². The van der Waals surface area contributed by atoms with Crippen molar-refractivity contribution in [2.75, 3.05) is 5.73 Å². The summed E-state index contributed by atoms with van der Waals surface area (Å²) in [6.45, 7) is 0. The summed E-state index contributed by atoms with van der Waals surface area (Å²) >= 11 is 5.78. The lowest BCUT2D eigenvalue weighted by molar-refractivity contribution is 0.585. The highest BCUT2D eigenvalue weighted by atomic mass is 35.5. The standard InChI is InChI=1S/C9H6ClF2N3/c10-7-8(14-15-9(7)13)5-2-1-4(11)3-6(5)12/h1-3H,(H3,13,14,15). The van der Waals surface area contributed by atoms with E-state index < -0.39 is 11.6 Å². The highest BCUT2D eigenvalue weighted by molar-refractivity contribution is 6.35. The molecular formula is C9H6ClF2N3. The van der Waals surface area contributed by atoms with Gasteiger partial charge >= 0.3 is 0 Å². The van der Waals surface area contributed by atoms with Gasteiger partial charge < -0.3 is 5.73 Å². The van der Waals surface area contributed by atoms with Crippen molar-refractivity contribution >= 4 is 17.4 Å². The number of nitrogens with two attached hydrogens (primary N) is 1. The number of hydrogen-bond acceptors (Lipinski definition) is 2. The van der Waals surface area contributed by atoms with E-state index in [0.717, 1.165) is 12.1 Å². The van der Waals surface area contributed by atoms with E-state index in [-0.39, 0.29) is 22.1 Å². The van der Waals surface area contributed by atoms with Crippen LogP contribution in [0.3, 0.4) is 0 Å². The Hall–Kier alpha value is -1.62. The monoisotopic (exact) mass is 229 g/mol. The summed E-state index contributed by atoms with van der Waals surface area (Å²) in [6.07, 6.45) is 0. The normalized spacial score (nSPS) is 10.6. The zero-order valence-electron chi connectivity index (χ0n) is 7.39. The van der Waals surface area contributed by atoms with Crippen LogP contribution in [0.25, 0.3) is 11.3 Å². The third kappa shape index (κ3) is 1.66. The molecular weight excluding hydrogens is 224 g/mol. The molecule has 2 rings (SSSR count). The van der Waals surface area contributed by atoms with Gasteiger partial charge in [-0.1, -0.05) is 11.6 Å². The summed E-state index contributed by atoms with van der Waals surface area (Å²) in [5.74, 6) is -1.24. The minimum absolute atomic E-state index is 0.106. The van der Waals surface area contributed by atoms with Crippen molar-refractivity contribution in [3.63, 3.8) is 0 Å². The van der Waals surface area contributed by atoms with Gasteiger partial charge in [0.15, 0.2) is 0 Å². The SMILES string of the molecule is Nc1[nH]nc(-c2ccc(F)cc2F)c1Cl. The lowest BCUT2D eigenvalue weighted by atomic mass is 10.1. The van der Waals surface area contributed by atoms with E-state index in [1.165, 1.54) is 6.07 Å². The predicted molar refractivity (Wildman–Crippen MR) is 53.4 cm³/mol. The molecule has 0 aliphatic heterocycles. The molecule has 78 valence electrons. The van der Waals surface area contributed by atoms with Crippen molar-refractivity contribution in [2.45, 2.75) is 0 Å². The summed E-state index contributed by atoms with van der Waals surface area (Å²) in [4.78, 5) is 0. The van der Waals surface area contributed by atoms with E-state index in [9.17, 15) is 8.78 Å². The topological polar surface area (TPSA) is 54.7 Å². The quantitative estimate of drug-likeness (QED) is 0.790. The molecule has 1 heterocycles. The van der Waals surface area contributed by atoms with Crippen LogP contribution in [0, 0.1) is 11.6 Å². The smallest absolute Gasteiger partial charge is 0.138 e. The van der Waals surface area contributed by atoms with Gasteiger partial charge in [0.2, 0.25) is 0 Å². The fourth-order valence-corrected chi connectivity index (χ4v) is 1.39. The van der Waals surface area contributed by atoms with Crippen LogP contribution < -0.4 is 5.73 Å². The predicted octanol–water partition coefficient (Wildman–Crippen LogP) is 2.59. The molecule has 0 saturated carbocycles. The molecule has 3 nitrogen and oxygen atoms in total. The van der Waals surface area contributed by atoms with Crippen LogP contribution in [-0.2, 0) is 0 Å². The van der Waals surface area contributed by atoms with Crippen LogP contribution in [0.5, 0.6) is 0 Å². The van der Waals surface area contributed by atoms with E-state index >= 15 is 0 Å². The first-order valence-corrected chi connectivity index (χ1v) is 4.42. The second-order valence-corrected chi connectivity index (χ2v) is 3.30. The third-order valence-electron chi connectivity index (χ3n) is 1.92. The maximum atomic E-state index is 13.3. The molecule has 15 heavy (non-hydrogen) atoms. The van der Waals surface area contributed by atoms with Gasteiger partial charge in [-0.25, -0.2) is 8.78 Å². The molecule has 1 aromatic heterocycles. The molecule has 0 unspecified atom stereocenters. The van der Waals surface area contributed by atoms with Gasteiger partial charge in [0.25, 0.3) is 0 Å². The van der Waals surface area contributed by atoms with Gasteiger partial charge in [-0.05, 0) is 12.1 Å². The summed E-state index contributed by atoms with van der Waals surface area (Å²) < 4.78 is 26.0. The molecule has 0 aliphatic carbocycles. The Morgan fingerprint density at radius 3 is 2.60 bits per heavy atom. The van der Waals surface area contributed by atoms with E-state index in [4.69, 9.17) is 17.3 Å². The number of rotatable bonds is 1. The molecule has 0 bridgehead atoms. The first-order chi connectivity index (χ1) is 7.09. The van der Waals surface area contributed by atoms with Crippen molar-refractivity contribution in [3.8, 4) is 11.3 Å². The zero-order chi connectivity index (χ0) is 11.0. The number of anilines is 1. The summed E-state index contributed by atoms with van der Waals surface area (Å²) in [6, 6.07) is 3.14. The highest BCUT2D eigenvalue weighted by Gasteiger charge is 2.14. The number of halogens is 3. The van der Waals surface area contributed by atoms with Gasteiger partial charge in [-0.15, -0.1) is 0 Å². The van der Waals surface area contributed by atoms with Crippen molar-refractivity contribution in [1.29, 1.82) is 0 Å². The molecule has 0 amide bonds. The Morgan fingerprint density at radius 2 is 2.07 bits per heavy atom. The lowest BCUT2D eigenvalue weighted by Gasteiger charge is -1.99. The second-order valence-electron chi connectivity index (χ2n) is 2.92. The van der Waals surface area contributed by atoms with Crippen LogP contribution in [0.1, 0.15) is 0 Å². The fraction of sp³-hybridized carbons (Fsp3) is 0. The first kappa shape index (κ1) is 9.92. The Balaban J connectivity index is 2.59. The molecule has 0 atom stereocenters. The van der Waals surface area contributed by atoms with E-state index in [1.807, 2.05) is 0 Å². The van der Waals surface area contributed by atoms with Crippen molar-refractivity contribution in [1.82, 2.24) is 10.2 Å². The number of benzene rings is 1. The number of hydrogen-bond donors (Lipinski definition) is 2. The van der Waals surface area contributed by atoms with E-state index in [0.29, 0.717) is 0 Å².